The highest BCUT2D eigenvalue weighted by atomic mass is 16.5. The highest BCUT2D eigenvalue weighted by molar-refractivity contribution is 5.47. The molecule has 3 rings (SSSR count). The molecule has 1 fully saturated rings. The monoisotopic (exact) mass is 326 g/mol. The van der Waals surface area contributed by atoms with E-state index < -0.39 is 0 Å². The molecule has 0 spiro atoms. The van der Waals surface area contributed by atoms with Crippen molar-refractivity contribution in [3.63, 3.8) is 0 Å². The van der Waals surface area contributed by atoms with Crippen LogP contribution in [0, 0.1) is 0 Å². The van der Waals surface area contributed by atoms with Gasteiger partial charge in [-0.1, -0.05) is 18.2 Å². The molecule has 2 aromatic rings. The zero-order valence-corrected chi connectivity index (χ0v) is 14.5. The van der Waals surface area contributed by atoms with E-state index in [1.165, 1.54) is 11.1 Å². The van der Waals surface area contributed by atoms with Crippen LogP contribution >= 0.6 is 0 Å². The summed E-state index contributed by atoms with van der Waals surface area (Å²) in [7, 11) is 3.86. The fourth-order valence-corrected chi connectivity index (χ4v) is 2.96. The summed E-state index contributed by atoms with van der Waals surface area (Å²) in [5.41, 5.74) is 2.51. The maximum absolute atomic E-state index is 5.20. The minimum atomic E-state index is 0.821. The van der Waals surface area contributed by atoms with Gasteiger partial charge in [0.15, 0.2) is 0 Å². The van der Waals surface area contributed by atoms with Crippen molar-refractivity contribution in [3.05, 3.63) is 53.7 Å². The fraction of sp³-hybridized carbons (Fsp3) is 0.421. The molecule has 24 heavy (non-hydrogen) atoms. The Morgan fingerprint density at radius 2 is 1.79 bits per heavy atom. The smallest absolute Gasteiger partial charge is 0.133 e. The van der Waals surface area contributed by atoms with E-state index in [4.69, 9.17) is 4.74 Å². The SMILES string of the molecule is COc1ccc(CNCc2cccnc2N2CCN(C)CC2)cc1. The minimum absolute atomic E-state index is 0.821. The van der Waals surface area contributed by atoms with Crippen molar-refractivity contribution in [1.29, 1.82) is 0 Å². The maximum atomic E-state index is 5.20. The second kappa shape index (κ2) is 8.13. The first-order valence-corrected chi connectivity index (χ1v) is 8.47. The van der Waals surface area contributed by atoms with Crippen LogP contribution in [0.1, 0.15) is 11.1 Å². The third-order valence-electron chi connectivity index (χ3n) is 4.47. The Bertz CT molecular complexity index is 636. The highest BCUT2D eigenvalue weighted by Gasteiger charge is 2.17. The second-order valence-corrected chi connectivity index (χ2v) is 6.23. The molecule has 1 aliphatic heterocycles. The van der Waals surface area contributed by atoms with Crippen molar-refractivity contribution in [3.8, 4) is 5.75 Å². The van der Waals surface area contributed by atoms with Gasteiger partial charge in [0.25, 0.3) is 0 Å². The lowest BCUT2D eigenvalue weighted by Crippen LogP contribution is -2.45. The number of rotatable bonds is 6. The lowest BCUT2D eigenvalue weighted by atomic mass is 10.2. The molecule has 1 aliphatic rings. The zero-order chi connectivity index (χ0) is 16.8. The first kappa shape index (κ1) is 16.7. The third kappa shape index (κ3) is 4.24. The topological polar surface area (TPSA) is 40.6 Å². The van der Waals surface area contributed by atoms with Gasteiger partial charge in [-0.3, -0.25) is 0 Å². The number of pyridine rings is 1. The van der Waals surface area contributed by atoms with Gasteiger partial charge in [-0.15, -0.1) is 0 Å². The Hall–Kier alpha value is -2.11. The predicted molar refractivity (Wildman–Crippen MR) is 97.5 cm³/mol. The second-order valence-electron chi connectivity index (χ2n) is 6.23. The molecule has 0 unspecified atom stereocenters. The van der Waals surface area contributed by atoms with E-state index in [1.807, 2.05) is 24.4 Å². The summed E-state index contributed by atoms with van der Waals surface area (Å²) in [4.78, 5) is 9.38. The normalized spacial score (nSPS) is 15.5. The van der Waals surface area contributed by atoms with Gasteiger partial charge in [-0.25, -0.2) is 4.98 Å². The van der Waals surface area contributed by atoms with Crippen LogP contribution in [0.4, 0.5) is 5.82 Å². The van der Waals surface area contributed by atoms with Crippen LogP contribution in [0.2, 0.25) is 0 Å². The average Bonchev–Trinajstić information content (AvgIpc) is 2.63. The van der Waals surface area contributed by atoms with Crippen LogP contribution in [0.15, 0.2) is 42.6 Å². The molecule has 1 N–H and O–H groups in total. The van der Waals surface area contributed by atoms with Crippen molar-refractivity contribution in [2.45, 2.75) is 13.1 Å². The Balaban J connectivity index is 1.58. The van der Waals surface area contributed by atoms with E-state index >= 15 is 0 Å². The van der Waals surface area contributed by atoms with Crippen LogP contribution in [0.25, 0.3) is 0 Å². The summed E-state index contributed by atoms with van der Waals surface area (Å²) in [6.45, 7) is 5.92. The molecule has 2 heterocycles. The summed E-state index contributed by atoms with van der Waals surface area (Å²) in [5.74, 6) is 2.01. The van der Waals surface area contributed by atoms with E-state index in [-0.39, 0.29) is 0 Å². The quantitative estimate of drug-likeness (QED) is 0.881. The number of nitrogens with one attached hydrogen (secondary N) is 1. The van der Waals surface area contributed by atoms with Crippen LogP contribution in [-0.2, 0) is 13.1 Å². The van der Waals surface area contributed by atoms with Crippen LogP contribution in [0.5, 0.6) is 5.75 Å². The highest BCUT2D eigenvalue weighted by Crippen LogP contribution is 2.19. The number of methoxy groups -OCH3 is 1. The van der Waals surface area contributed by atoms with Crippen molar-refractivity contribution in [1.82, 2.24) is 15.2 Å². The Labute approximate surface area is 144 Å². The van der Waals surface area contributed by atoms with Crippen LogP contribution in [-0.4, -0.2) is 50.2 Å². The first-order chi connectivity index (χ1) is 11.8. The molecule has 0 aliphatic carbocycles. The van der Waals surface area contributed by atoms with Gasteiger partial charge in [0.1, 0.15) is 11.6 Å². The van der Waals surface area contributed by atoms with E-state index in [9.17, 15) is 0 Å². The molecule has 5 heteroatoms. The molecule has 0 amide bonds. The molecule has 0 atom stereocenters. The van der Waals surface area contributed by atoms with Gasteiger partial charge in [0, 0.05) is 51.0 Å². The Morgan fingerprint density at radius 1 is 1.04 bits per heavy atom. The molecule has 5 nitrogen and oxygen atoms in total. The molecular formula is C19H26N4O. The number of aromatic nitrogens is 1. The van der Waals surface area contributed by atoms with E-state index in [1.54, 1.807) is 7.11 Å². The fourth-order valence-electron chi connectivity index (χ4n) is 2.96. The molecule has 0 bridgehead atoms. The number of ether oxygens (including phenoxy) is 1. The molecule has 1 aromatic heterocycles. The van der Waals surface area contributed by atoms with E-state index in [2.05, 4.69) is 45.3 Å². The van der Waals surface area contributed by atoms with Gasteiger partial charge in [0.05, 0.1) is 7.11 Å². The van der Waals surface area contributed by atoms with E-state index in [0.29, 0.717) is 0 Å². The molecule has 0 radical (unpaired) electrons. The molecule has 0 saturated carbocycles. The Kier molecular flexibility index (Phi) is 5.67. The van der Waals surface area contributed by atoms with Gasteiger partial charge in [-0.05, 0) is 30.8 Å². The number of hydrogen-bond donors (Lipinski definition) is 1. The first-order valence-electron chi connectivity index (χ1n) is 8.47. The van der Waals surface area contributed by atoms with Crippen LogP contribution in [0.3, 0.4) is 0 Å². The average molecular weight is 326 g/mol. The van der Waals surface area contributed by atoms with E-state index in [0.717, 1.165) is 50.8 Å². The largest absolute Gasteiger partial charge is 0.497 e. The number of likely N-dealkylation sites (N-methyl/N-ethyl adjacent to an activating group) is 1. The van der Waals surface area contributed by atoms with Crippen molar-refractivity contribution < 1.29 is 4.74 Å². The summed E-state index contributed by atoms with van der Waals surface area (Å²) < 4.78 is 5.20. The standard InChI is InChI=1S/C19H26N4O/c1-22-10-12-23(13-11-22)19-17(4-3-9-21-19)15-20-14-16-5-7-18(24-2)8-6-16/h3-9,20H,10-15H2,1-2H3. The summed E-state index contributed by atoms with van der Waals surface area (Å²) in [6.07, 6.45) is 1.89. The van der Waals surface area contributed by atoms with Crippen molar-refractivity contribution in [2.24, 2.45) is 0 Å². The number of nitrogens with zero attached hydrogens (tertiary/aromatic N) is 3. The summed E-state index contributed by atoms with van der Waals surface area (Å²) in [6, 6.07) is 12.4. The number of anilines is 1. The van der Waals surface area contributed by atoms with Crippen molar-refractivity contribution >= 4 is 5.82 Å². The number of benzene rings is 1. The lowest BCUT2D eigenvalue weighted by molar-refractivity contribution is 0.311. The molecule has 128 valence electrons. The molecule has 1 aromatic carbocycles. The predicted octanol–water partition coefficient (Wildman–Crippen LogP) is 2.13. The van der Waals surface area contributed by atoms with Crippen molar-refractivity contribution in [2.75, 3.05) is 45.2 Å². The molecular weight excluding hydrogens is 300 g/mol. The molecule has 1 saturated heterocycles. The zero-order valence-electron chi connectivity index (χ0n) is 14.5. The summed E-state index contributed by atoms with van der Waals surface area (Å²) in [5, 5.41) is 3.53. The van der Waals surface area contributed by atoms with Gasteiger partial charge < -0.3 is 19.9 Å². The number of piperazine rings is 1. The van der Waals surface area contributed by atoms with Crippen LogP contribution < -0.4 is 15.0 Å². The maximum Gasteiger partial charge on any atom is 0.133 e. The lowest BCUT2D eigenvalue weighted by Gasteiger charge is -2.34. The minimum Gasteiger partial charge on any atom is -0.497 e. The Morgan fingerprint density at radius 3 is 2.50 bits per heavy atom. The third-order valence-corrected chi connectivity index (χ3v) is 4.47. The number of hydrogen-bond acceptors (Lipinski definition) is 5. The summed E-state index contributed by atoms with van der Waals surface area (Å²) >= 11 is 0. The van der Waals surface area contributed by atoms with Gasteiger partial charge >= 0.3 is 0 Å². The van der Waals surface area contributed by atoms with Gasteiger partial charge in [0.2, 0.25) is 0 Å². The van der Waals surface area contributed by atoms with Gasteiger partial charge in [-0.2, -0.15) is 0 Å².